The van der Waals surface area contributed by atoms with Crippen LogP contribution in [0.15, 0.2) is 18.5 Å². The highest BCUT2D eigenvalue weighted by Crippen LogP contribution is 2.09. The quantitative estimate of drug-likeness (QED) is 0.758. The number of methoxy groups -OCH3 is 1. The van der Waals surface area contributed by atoms with E-state index >= 15 is 0 Å². The predicted molar refractivity (Wildman–Crippen MR) is 84.6 cm³/mol. The van der Waals surface area contributed by atoms with E-state index in [0.29, 0.717) is 6.04 Å². The van der Waals surface area contributed by atoms with Gasteiger partial charge in [-0.05, 0) is 19.0 Å². The molecule has 0 aromatic carbocycles. The molecule has 0 bridgehead atoms. The Labute approximate surface area is 127 Å². The summed E-state index contributed by atoms with van der Waals surface area (Å²) in [5, 5.41) is 3.56. The van der Waals surface area contributed by atoms with Gasteiger partial charge < -0.3 is 15.0 Å². The maximum Gasteiger partial charge on any atom is 0.225 e. The molecule has 1 aromatic heterocycles. The molecule has 0 spiro atoms. The maximum absolute atomic E-state index is 5.31. The Morgan fingerprint density at radius 2 is 1.95 bits per heavy atom. The molecule has 2 heterocycles. The lowest BCUT2D eigenvalue weighted by atomic mass is 10.2. The van der Waals surface area contributed by atoms with E-state index in [9.17, 15) is 0 Å². The molecule has 0 radical (unpaired) electrons. The fraction of sp³-hybridized carbons (Fsp3) is 0.733. The highest BCUT2D eigenvalue weighted by Gasteiger charge is 2.21. The molecule has 1 fully saturated rings. The molecule has 1 atom stereocenters. The molecule has 0 saturated carbocycles. The number of hydrogen-bond donors (Lipinski definition) is 1. The minimum atomic E-state index is 0.412. The second-order valence-corrected chi connectivity index (χ2v) is 5.44. The van der Waals surface area contributed by atoms with Crippen LogP contribution in [0.3, 0.4) is 0 Å². The number of piperazine rings is 1. The van der Waals surface area contributed by atoms with Gasteiger partial charge in [-0.2, -0.15) is 0 Å². The molecule has 1 N–H and O–H groups in total. The molecule has 0 amide bonds. The second-order valence-electron chi connectivity index (χ2n) is 5.44. The Morgan fingerprint density at radius 1 is 1.24 bits per heavy atom. The number of nitrogens with zero attached hydrogens (tertiary/aromatic N) is 4. The molecule has 1 unspecified atom stereocenters. The number of nitrogens with one attached hydrogen (secondary N) is 1. The maximum atomic E-state index is 5.31. The van der Waals surface area contributed by atoms with E-state index in [4.69, 9.17) is 4.74 Å². The van der Waals surface area contributed by atoms with E-state index in [1.165, 1.54) is 0 Å². The van der Waals surface area contributed by atoms with E-state index in [2.05, 4.69) is 32.0 Å². The van der Waals surface area contributed by atoms with Crippen LogP contribution in [0.5, 0.6) is 0 Å². The molecule has 2 rings (SSSR count). The molecule has 21 heavy (non-hydrogen) atoms. The van der Waals surface area contributed by atoms with Gasteiger partial charge in [0, 0.05) is 58.3 Å². The summed E-state index contributed by atoms with van der Waals surface area (Å²) >= 11 is 0. The van der Waals surface area contributed by atoms with Crippen LogP contribution in [0.4, 0.5) is 5.95 Å². The van der Waals surface area contributed by atoms with Gasteiger partial charge in [-0.1, -0.05) is 6.92 Å². The third-order valence-electron chi connectivity index (χ3n) is 3.74. The fourth-order valence-corrected chi connectivity index (χ4v) is 2.62. The van der Waals surface area contributed by atoms with Crippen LogP contribution >= 0.6 is 0 Å². The van der Waals surface area contributed by atoms with Crippen LogP contribution in [-0.4, -0.2) is 73.9 Å². The van der Waals surface area contributed by atoms with Crippen molar-refractivity contribution in [2.75, 3.05) is 57.9 Å². The lowest BCUT2D eigenvalue weighted by Gasteiger charge is -2.36. The molecule has 1 saturated heterocycles. The number of hydrogen-bond acceptors (Lipinski definition) is 6. The monoisotopic (exact) mass is 293 g/mol. The number of aromatic nitrogens is 2. The summed E-state index contributed by atoms with van der Waals surface area (Å²) in [7, 11) is 1.77. The van der Waals surface area contributed by atoms with E-state index in [-0.39, 0.29) is 0 Å². The average Bonchev–Trinajstić information content (AvgIpc) is 2.54. The Balaban J connectivity index is 1.77. The van der Waals surface area contributed by atoms with Crippen molar-refractivity contribution in [1.29, 1.82) is 0 Å². The predicted octanol–water partition coefficient (Wildman–Crippen LogP) is 0.613. The molecule has 1 aliphatic heterocycles. The minimum Gasteiger partial charge on any atom is -0.383 e. The Hall–Kier alpha value is -1.24. The first-order valence-electron chi connectivity index (χ1n) is 7.80. The summed E-state index contributed by atoms with van der Waals surface area (Å²) in [6.45, 7) is 9.11. The van der Waals surface area contributed by atoms with Gasteiger partial charge in [0.25, 0.3) is 0 Å². The van der Waals surface area contributed by atoms with Gasteiger partial charge in [-0.3, -0.25) is 4.90 Å². The van der Waals surface area contributed by atoms with Crippen molar-refractivity contribution in [3.63, 3.8) is 0 Å². The van der Waals surface area contributed by atoms with Crippen molar-refractivity contribution < 1.29 is 4.74 Å². The van der Waals surface area contributed by atoms with Gasteiger partial charge in [-0.25, -0.2) is 9.97 Å². The zero-order valence-corrected chi connectivity index (χ0v) is 13.2. The van der Waals surface area contributed by atoms with Crippen LogP contribution in [0.25, 0.3) is 0 Å². The van der Waals surface area contributed by atoms with Gasteiger partial charge in [0.1, 0.15) is 0 Å². The zero-order valence-electron chi connectivity index (χ0n) is 13.2. The van der Waals surface area contributed by atoms with Crippen molar-refractivity contribution in [3.8, 4) is 0 Å². The lowest BCUT2D eigenvalue weighted by Crippen LogP contribution is -2.52. The van der Waals surface area contributed by atoms with Gasteiger partial charge in [0.2, 0.25) is 5.95 Å². The summed E-state index contributed by atoms with van der Waals surface area (Å²) in [5.74, 6) is 0.842. The van der Waals surface area contributed by atoms with Crippen molar-refractivity contribution in [2.45, 2.75) is 19.4 Å². The smallest absolute Gasteiger partial charge is 0.225 e. The highest BCUT2D eigenvalue weighted by molar-refractivity contribution is 5.29. The molecule has 6 heteroatoms. The summed E-state index contributed by atoms with van der Waals surface area (Å²) in [6, 6.07) is 2.27. The van der Waals surface area contributed by atoms with E-state index in [1.807, 2.05) is 6.07 Å². The van der Waals surface area contributed by atoms with Crippen molar-refractivity contribution >= 4 is 5.95 Å². The number of anilines is 1. The normalized spacial score (nSPS) is 17.9. The highest BCUT2D eigenvalue weighted by atomic mass is 16.5. The van der Waals surface area contributed by atoms with Crippen LogP contribution < -0.4 is 10.2 Å². The summed E-state index contributed by atoms with van der Waals surface area (Å²) in [4.78, 5) is 13.4. The average molecular weight is 293 g/mol. The van der Waals surface area contributed by atoms with Crippen LogP contribution in [0.1, 0.15) is 13.3 Å². The van der Waals surface area contributed by atoms with Gasteiger partial charge >= 0.3 is 0 Å². The SMILES string of the molecule is CCCNC(COC)CN1CCN(c2ncccn2)CC1. The van der Waals surface area contributed by atoms with E-state index in [1.54, 1.807) is 19.5 Å². The first kappa shape index (κ1) is 16.1. The third kappa shape index (κ3) is 5.22. The standard InChI is InChI=1S/C15H27N5O/c1-3-5-16-14(13-21-2)12-19-8-10-20(11-9-19)15-17-6-4-7-18-15/h4,6-7,14,16H,3,5,8-13H2,1-2H3. The van der Waals surface area contributed by atoms with Crippen LogP contribution in [0, 0.1) is 0 Å². The van der Waals surface area contributed by atoms with Gasteiger partial charge in [0.05, 0.1) is 6.61 Å². The zero-order chi connectivity index (χ0) is 14.9. The summed E-state index contributed by atoms with van der Waals surface area (Å²) in [5.41, 5.74) is 0. The van der Waals surface area contributed by atoms with Crippen molar-refractivity contribution in [3.05, 3.63) is 18.5 Å². The first-order valence-corrected chi connectivity index (χ1v) is 7.80. The van der Waals surface area contributed by atoms with E-state index in [0.717, 1.165) is 58.2 Å². The largest absolute Gasteiger partial charge is 0.383 e. The fourth-order valence-electron chi connectivity index (χ4n) is 2.62. The first-order chi connectivity index (χ1) is 10.3. The third-order valence-corrected chi connectivity index (χ3v) is 3.74. The molecular formula is C15H27N5O. The molecular weight excluding hydrogens is 266 g/mol. The number of rotatable bonds is 8. The second kappa shape index (κ2) is 8.92. The van der Waals surface area contributed by atoms with E-state index < -0.39 is 0 Å². The van der Waals surface area contributed by atoms with Crippen molar-refractivity contribution in [2.24, 2.45) is 0 Å². The Bertz CT molecular complexity index is 381. The van der Waals surface area contributed by atoms with Crippen LogP contribution in [0.2, 0.25) is 0 Å². The minimum absolute atomic E-state index is 0.412. The molecule has 1 aliphatic rings. The van der Waals surface area contributed by atoms with Crippen LogP contribution in [-0.2, 0) is 4.74 Å². The topological polar surface area (TPSA) is 53.5 Å². The molecule has 0 aliphatic carbocycles. The Kier molecular flexibility index (Phi) is 6.85. The number of ether oxygens (including phenoxy) is 1. The summed E-state index contributed by atoms with van der Waals surface area (Å²) < 4.78 is 5.31. The Morgan fingerprint density at radius 3 is 2.57 bits per heavy atom. The van der Waals surface area contributed by atoms with Gasteiger partial charge in [0.15, 0.2) is 0 Å². The lowest BCUT2D eigenvalue weighted by molar-refractivity contribution is 0.135. The van der Waals surface area contributed by atoms with Crippen molar-refractivity contribution in [1.82, 2.24) is 20.2 Å². The molecule has 118 valence electrons. The van der Waals surface area contributed by atoms with Gasteiger partial charge in [-0.15, -0.1) is 0 Å². The molecule has 1 aromatic rings. The summed E-state index contributed by atoms with van der Waals surface area (Å²) in [6.07, 6.45) is 4.76. The molecule has 6 nitrogen and oxygen atoms in total.